The molecule has 0 aliphatic rings. The minimum absolute atomic E-state index is 0.0889. The van der Waals surface area contributed by atoms with Crippen molar-refractivity contribution in [1.82, 2.24) is 0 Å². The number of nitrogens with one attached hydrogen (secondary N) is 1. The third-order valence-electron chi connectivity index (χ3n) is 2.61. The summed E-state index contributed by atoms with van der Waals surface area (Å²) in [5.41, 5.74) is -0.352. The molecule has 0 saturated heterocycles. The highest BCUT2D eigenvalue weighted by molar-refractivity contribution is 5.99. The quantitative estimate of drug-likeness (QED) is 0.483. The number of rotatable bonds is 6. The minimum atomic E-state index is -0.842. The third kappa shape index (κ3) is 5.10. The van der Waals surface area contributed by atoms with E-state index in [1.807, 2.05) is 0 Å². The normalized spacial score (nSPS) is 10.7. The van der Waals surface area contributed by atoms with Crippen LogP contribution in [-0.4, -0.2) is 38.7 Å². The zero-order chi connectivity index (χ0) is 17.4. The standard InChI is InChI=1S/C15H16FNO6/c1-4-23-14(19)10-7-9(5-6-11(10)16)17-12(15(20)22-3)8-13(18)21-2/h5-8,17H,4H2,1-3H3/b12-8+. The number of carbonyl (C=O) groups excluding carboxylic acids is 3. The summed E-state index contributed by atoms with van der Waals surface area (Å²) >= 11 is 0. The molecule has 8 heteroatoms. The first-order valence-electron chi connectivity index (χ1n) is 6.54. The van der Waals surface area contributed by atoms with Gasteiger partial charge in [-0.25, -0.2) is 18.8 Å². The molecule has 0 heterocycles. The average molecular weight is 325 g/mol. The molecular weight excluding hydrogens is 309 g/mol. The molecule has 0 fully saturated rings. The Morgan fingerprint density at radius 3 is 2.48 bits per heavy atom. The van der Waals surface area contributed by atoms with Crippen LogP contribution in [0.15, 0.2) is 30.0 Å². The highest BCUT2D eigenvalue weighted by Crippen LogP contribution is 2.18. The number of methoxy groups -OCH3 is 2. The third-order valence-corrected chi connectivity index (χ3v) is 2.61. The van der Waals surface area contributed by atoms with Gasteiger partial charge in [-0.1, -0.05) is 0 Å². The molecule has 0 radical (unpaired) electrons. The number of halogens is 1. The van der Waals surface area contributed by atoms with Crippen molar-refractivity contribution in [2.45, 2.75) is 6.92 Å². The van der Waals surface area contributed by atoms with E-state index in [1.165, 1.54) is 6.07 Å². The summed E-state index contributed by atoms with van der Waals surface area (Å²) in [7, 11) is 2.27. The maximum atomic E-state index is 13.7. The van der Waals surface area contributed by atoms with Crippen LogP contribution in [-0.2, 0) is 23.8 Å². The van der Waals surface area contributed by atoms with Crippen LogP contribution < -0.4 is 5.32 Å². The summed E-state index contributed by atoms with van der Waals surface area (Å²) in [4.78, 5) is 34.5. The molecule has 1 N–H and O–H groups in total. The molecule has 124 valence electrons. The van der Waals surface area contributed by atoms with Gasteiger partial charge in [0, 0.05) is 5.69 Å². The molecule has 7 nitrogen and oxygen atoms in total. The van der Waals surface area contributed by atoms with Gasteiger partial charge in [0.25, 0.3) is 0 Å². The van der Waals surface area contributed by atoms with Crippen LogP contribution in [0.3, 0.4) is 0 Å². The van der Waals surface area contributed by atoms with Gasteiger partial charge in [0.15, 0.2) is 0 Å². The smallest absolute Gasteiger partial charge is 0.354 e. The van der Waals surface area contributed by atoms with E-state index < -0.39 is 23.7 Å². The molecule has 0 aromatic heterocycles. The average Bonchev–Trinajstić information content (AvgIpc) is 2.55. The summed E-state index contributed by atoms with van der Waals surface area (Å²) in [6, 6.07) is 3.47. The van der Waals surface area contributed by atoms with Crippen LogP contribution in [0.25, 0.3) is 0 Å². The molecule has 0 aliphatic heterocycles. The van der Waals surface area contributed by atoms with E-state index in [9.17, 15) is 18.8 Å². The highest BCUT2D eigenvalue weighted by atomic mass is 19.1. The first-order valence-corrected chi connectivity index (χ1v) is 6.54. The Morgan fingerprint density at radius 1 is 1.22 bits per heavy atom. The molecule has 0 atom stereocenters. The van der Waals surface area contributed by atoms with E-state index >= 15 is 0 Å². The first kappa shape index (κ1) is 18.1. The van der Waals surface area contributed by atoms with Crippen molar-refractivity contribution >= 4 is 23.6 Å². The maximum Gasteiger partial charge on any atom is 0.354 e. The molecule has 0 amide bonds. The summed E-state index contributed by atoms with van der Waals surface area (Å²) in [6.07, 6.45) is 0.874. The zero-order valence-corrected chi connectivity index (χ0v) is 12.8. The predicted molar refractivity (Wildman–Crippen MR) is 78.1 cm³/mol. The van der Waals surface area contributed by atoms with Crippen molar-refractivity contribution in [2.75, 3.05) is 26.1 Å². The zero-order valence-electron chi connectivity index (χ0n) is 12.8. The van der Waals surface area contributed by atoms with Gasteiger partial charge in [-0.3, -0.25) is 0 Å². The van der Waals surface area contributed by atoms with E-state index in [1.54, 1.807) is 6.92 Å². The predicted octanol–water partition coefficient (Wildman–Crippen LogP) is 1.64. The largest absolute Gasteiger partial charge is 0.466 e. The molecule has 1 aromatic rings. The lowest BCUT2D eigenvalue weighted by Gasteiger charge is -2.11. The van der Waals surface area contributed by atoms with Crippen LogP contribution in [0, 0.1) is 5.82 Å². The van der Waals surface area contributed by atoms with Crippen LogP contribution in [0.4, 0.5) is 10.1 Å². The molecule has 1 aromatic carbocycles. The van der Waals surface area contributed by atoms with Crippen molar-refractivity contribution in [3.63, 3.8) is 0 Å². The van der Waals surface area contributed by atoms with Gasteiger partial charge in [0.05, 0.1) is 32.5 Å². The maximum absolute atomic E-state index is 13.7. The van der Waals surface area contributed by atoms with Gasteiger partial charge in [-0.05, 0) is 25.1 Å². The molecular formula is C15H16FNO6. The Hall–Kier alpha value is -2.90. The SMILES string of the molecule is CCOC(=O)c1cc(N/C(=C/C(=O)OC)C(=O)OC)ccc1F. The topological polar surface area (TPSA) is 90.9 Å². The molecule has 0 unspecified atom stereocenters. The summed E-state index contributed by atoms with van der Waals surface area (Å²) in [5.74, 6) is -3.24. The van der Waals surface area contributed by atoms with Gasteiger partial charge < -0.3 is 19.5 Å². The Balaban J connectivity index is 3.12. The van der Waals surface area contributed by atoms with E-state index in [0.717, 1.165) is 32.4 Å². The van der Waals surface area contributed by atoms with Crippen molar-refractivity contribution in [3.8, 4) is 0 Å². The van der Waals surface area contributed by atoms with Crippen LogP contribution >= 0.6 is 0 Å². The fourth-order valence-electron chi connectivity index (χ4n) is 1.56. The number of anilines is 1. The van der Waals surface area contributed by atoms with Gasteiger partial charge in [-0.15, -0.1) is 0 Å². The Bertz CT molecular complexity index is 641. The lowest BCUT2D eigenvalue weighted by Crippen LogP contribution is -2.16. The van der Waals surface area contributed by atoms with Gasteiger partial charge >= 0.3 is 17.9 Å². The van der Waals surface area contributed by atoms with Gasteiger partial charge in [0.1, 0.15) is 11.5 Å². The van der Waals surface area contributed by atoms with E-state index in [-0.39, 0.29) is 23.6 Å². The lowest BCUT2D eigenvalue weighted by atomic mass is 10.2. The summed E-state index contributed by atoms with van der Waals surface area (Å²) < 4.78 is 27.3. The first-order chi connectivity index (χ1) is 10.9. The van der Waals surface area contributed by atoms with Gasteiger partial charge in [-0.2, -0.15) is 0 Å². The number of ether oxygens (including phenoxy) is 3. The number of carbonyl (C=O) groups is 3. The van der Waals surface area contributed by atoms with Crippen molar-refractivity contribution in [2.24, 2.45) is 0 Å². The van der Waals surface area contributed by atoms with Gasteiger partial charge in [0.2, 0.25) is 0 Å². The number of hydrogen-bond acceptors (Lipinski definition) is 7. The summed E-state index contributed by atoms with van der Waals surface area (Å²) in [5, 5.41) is 2.57. The molecule has 0 bridgehead atoms. The minimum Gasteiger partial charge on any atom is -0.466 e. The lowest BCUT2D eigenvalue weighted by molar-refractivity contribution is -0.138. The monoisotopic (exact) mass is 325 g/mol. The number of hydrogen-bond donors (Lipinski definition) is 1. The second-order valence-corrected chi connectivity index (χ2v) is 4.11. The molecule has 0 saturated carbocycles. The van der Waals surface area contributed by atoms with Crippen LogP contribution in [0.2, 0.25) is 0 Å². The van der Waals surface area contributed by atoms with E-state index in [4.69, 9.17) is 4.74 Å². The second-order valence-electron chi connectivity index (χ2n) is 4.11. The Labute approximate surface area is 132 Å². The van der Waals surface area contributed by atoms with E-state index in [0.29, 0.717) is 0 Å². The molecule has 23 heavy (non-hydrogen) atoms. The molecule has 0 spiro atoms. The molecule has 1 rings (SSSR count). The Kier molecular flexibility index (Phi) is 6.72. The van der Waals surface area contributed by atoms with Crippen molar-refractivity contribution in [3.05, 3.63) is 41.4 Å². The van der Waals surface area contributed by atoms with Crippen molar-refractivity contribution in [1.29, 1.82) is 0 Å². The fraction of sp³-hybridized carbons (Fsp3) is 0.267. The highest BCUT2D eigenvalue weighted by Gasteiger charge is 2.17. The van der Waals surface area contributed by atoms with Crippen LogP contribution in [0.1, 0.15) is 17.3 Å². The van der Waals surface area contributed by atoms with Crippen LogP contribution in [0.5, 0.6) is 0 Å². The second kappa shape index (κ2) is 8.52. The van der Waals surface area contributed by atoms with Crippen molar-refractivity contribution < 1.29 is 33.0 Å². The van der Waals surface area contributed by atoms with E-state index in [2.05, 4.69) is 14.8 Å². The molecule has 0 aliphatic carbocycles. The Morgan fingerprint density at radius 2 is 1.91 bits per heavy atom. The number of benzene rings is 1. The summed E-state index contributed by atoms with van der Waals surface area (Å²) in [6.45, 7) is 1.68. The fourth-order valence-corrected chi connectivity index (χ4v) is 1.56. The number of esters is 3.